The number of nitrogens with one attached hydrogen (secondary N) is 1. The van der Waals surface area contributed by atoms with Gasteiger partial charge in [-0.2, -0.15) is 0 Å². The van der Waals surface area contributed by atoms with E-state index in [-0.39, 0.29) is 0 Å². The Hall–Kier alpha value is -0.120. The van der Waals surface area contributed by atoms with Gasteiger partial charge < -0.3 is 14.8 Å². The van der Waals surface area contributed by atoms with Crippen LogP contribution in [0.5, 0.6) is 0 Å². The van der Waals surface area contributed by atoms with Crippen molar-refractivity contribution in [1.82, 2.24) is 5.32 Å². The molecule has 0 aromatic heterocycles. The second-order valence-corrected chi connectivity index (χ2v) is 3.99. The van der Waals surface area contributed by atoms with Gasteiger partial charge in [-0.1, -0.05) is 0 Å². The van der Waals surface area contributed by atoms with Crippen molar-refractivity contribution in [2.45, 2.75) is 44.2 Å². The highest BCUT2D eigenvalue weighted by Crippen LogP contribution is 2.18. The van der Waals surface area contributed by atoms with Crippen molar-refractivity contribution >= 4 is 0 Å². The third-order valence-electron chi connectivity index (χ3n) is 2.88. The maximum Gasteiger partial charge on any atom is 0.0590 e. The van der Waals surface area contributed by atoms with Crippen LogP contribution in [0, 0.1) is 0 Å². The molecule has 1 rings (SSSR count). The summed E-state index contributed by atoms with van der Waals surface area (Å²) in [6, 6.07) is 0.591. The Morgan fingerprint density at radius 1 is 1.57 bits per heavy atom. The van der Waals surface area contributed by atoms with Crippen molar-refractivity contribution in [3.8, 4) is 0 Å². The number of ether oxygens (including phenoxy) is 2. The molecule has 0 aliphatic carbocycles. The molecule has 3 nitrogen and oxygen atoms in total. The Morgan fingerprint density at radius 2 is 2.43 bits per heavy atom. The Labute approximate surface area is 87.2 Å². The Bertz CT molecular complexity index is 135. The van der Waals surface area contributed by atoms with E-state index in [4.69, 9.17) is 9.47 Å². The van der Waals surface area contributed by atoms with Gasteiger partial charge in [0.05, 0.1) is 6.10 Å². The highest BCUT2D eigenvalue weighted by Gasteiger charge is 2.19. The van der Waals surface area contributed by atoms with E-state index >= 15 is 0 Å². The minimum atomic E-state index is 0.495. The average Bonchev–Trinajstić information content (AvgIpc) is 2.69. The average molecular weight is 201 g/mol. The van der Waals surface area contributed by atoms with Gasteiger partial charge in [0, 0.05) is 26.4 Å². The van der Waals surface area contributed by atoms with Crippen molar-refractivity contribution in [3.05, 3.63) is 0 Å². The monoisotopic (exact) mass is 201 g/mol. The molecule has 84 valence electrons. The standard InChI is InChI=1S/C11H23NO2/c1-12-10(5-3-7-13-2)9-11-6-4-8-14-11/h10-12H,3-9H2,1-2H3. The van der Waals surface area contributed by atoms with Crippen LogP contribution in [0.3, 0.4) is 0 Å². The first kappa shape index (κ1) is 12.0. The Morgan fingerprint density at radius 3 is 3.00 bits per heavy atom. The van der Waals surface area contributed by atoms with E-state index in [1.165, 1.54) is 19.3 Å². The largest absolute Gasteiger partial charge is 0.385 e. The molecule has 1 N–H and O–H groups in total. The summed E-state index contributed by atoms with van der Waals surface area (Å²) in [4.78, 5) is 0. The lowest BCUT2D eigenvalue weighted by molar-refractivity contribution is 0.0927. The molecular weight excluding hydrogens is 178 g/mol. The highest BCUT2D eigenvalue weighted by molar-refractivity contribution is 4.73. The first-order valence-corrected chi connectivity index (χ1v) is 5.64. The van der Waals surface area contributed by atoms with Crippen molar-refractivity contribution in [3.63, 3.8) is 0 Å². The molecule has 0 saturated carbocycles. The lowest BCUT2D eigenvalue weighted by Gasteiger charge is -2.19. The molecule has 0 amide bonds. The van der Waals surface area contributed by atoms with Gasteiger partial charge in [-0.3, -0.25) is 0 Å². The van der Waals surface area contributed by atoms with Crippen molar-refractivity contribution in [2.75, 3.05) is 27.4 Å². The van der Waals surface area contributed by atoms with Crippen molar-refractivity contribution in [2.24, 2.45) is 0 Å². The summed E-state index contributed by atoms with van der Waals surface area (Å²) in [6.07, 6.45) is 6.44. The predicted octanol–water partition coefficient (Wildman–Crippen LogP) is 1.57. The summed E-state index contributed by atoms with van der Waals surface area (Å²) in [5.41, 5.74) is 0. The number of hydrogen-bond donors (Lipinski definition) is 1. The van der Waals surface area contributed by atoms with Gasteiger partial charge >= 0.3 is 0 Å². The second kappa shape index (κ2) is 7.21. The lowest BCUT2D eigenvalue weighted by atomic mass is 10.0. The quantitative estimate of drug-likeness (QED) is 0.634. The molecule has 14 heavy (non-hydrogen) atoms. The molecule has 1 aliphatic rings. The molecule has 0 radical (unpaired) electrons. The molecule has 2 atom stereocenters. The van der Waals surface area contributed by atoms with E-state index < -0.39 is 0 Å². The molecule has 0 aromatic rings. The molecule has 1 saturated heterocycles. The minimum absolute atomic E-state index is 0.495. The molecule has 0 bridgehead atoms. The molecule has 1 heterocycles. The second-order valence-electron chi connectivity index (χ2n) is 3.99. The molecule has 2 unspecified atom stereocenters. The van der Waals surface area contributed by atoms with E-state index in [0.717, 1.165) is 26.1 Å². The fraction of sp³-hybridized carbons (Fsp3) is 1.00. The number of rotatable bonds is 7. The summed E-state index contributed by atoms with van der Waals surface area (Å²) in [6.45, 7) is 1.82. The predicted molar refractivity (Wildman–Crippen MR) is 57.5 cm³/mol. The molecule has 3 heteroatoms. The van der Waals surface area contributed by atoms with Crippen LogP contribution in [0.15, 0.2) is 0 Å². The zero-order valence-corrected chi connectivity index (χ0v) is 9.42. The normalized spacial score (nSPS) is 24.0. The molecule has 1 fully saturated rings. The van der Waals surface area contributed by atoms with Crippen molar-refractivity contribution in [1.29, 1.82) is 0 Å². The van der Waals surface area contributed by atoms with Gasteiger partial charge in [0.15, 0.2) is 0 Å². The van der Waals surface area contributed by atoms with E-state index in [9.17, 15) is 0 Å². The van der Waals surface area contributed by atoms with Gasteiger partial charge in [-0.25, -0.2) is 0 Å². The van der Waals surface area contributed by atoms with Gasteiger partial charge in [0.2, 0.25) is 0 Å². The highest BCUT2D eigenvalue weighted by atomic mass is 16.5. The Balaban J connectivity index is 2.10. The van der Waals surface area contributed by atoms with E-state index in [1.807, 2.05) is 7.05 Å². The van der Waals surface area contributed by atoms with Gasteiger partial charge in [-0.15, -0.1) is 0 Å². The molecular formula is C11H23NO2. The topological polar surface area (TPSA) is 30.5 Å². The fourth-order valence-corrected chi connectivity index (χ4v) is 2.00. The maximum absolute atomic E-state index is 5.62. The van der Waals surface area contributed by atoms with E-state index in [1.54, 1.807) is 7.11 Å². The summed E-state index contributed by atoms with van der Waals surface area (Å²) in [7, 11) is 3.79. The third kappa shape index (κ3) is 4.40. The van der Waals surface area contributed by atoms with Crippen LogP contribution in [0.1, 0.15) is 32.1 Å². The summed E-state index contributed by atoms with van der Waals surface area (Å²) < 4.78 is 10.7. The van der Waals surface area contributed by atoms with E-state index in [2.05, 4.69) is 5.32 Å². The van der Waals surface area contributed by atoms with Gasteiger partial charge in [-0.05, 0) is 39.2 Å². The molecule has 1 aliphatic heterocycles. The third-order valence-corrected chi connectivity index (χ3v) is 2.88. The number of hydrogen-bond acceptors (Lipinski definition) is 3. The summed E-state index contributed by atoms with van der Waals surface area (Å²) in [5.74, 6) is 0. The van der Waals surface area contributed by atoms with Crippen LogP contribution in [0.4, 0.5) is 0 Å². The zero-order valence-electron chi connectivity index (χ0n) is 9.42. The van der Waals surface area contributed by atoms with E-state index in [0.29, 0.717) is 12.1 Å². The lowest BCUT2D eigenvalue weighted by Crippen LogP contribution is -2.29. The van der Waals surface area contributed by atoms with Crippen LogP contribution in [0.25, 0.3) is 0 Å². The summed E-state index contributed by atoms with van der Waals surface area (Å²) >= 11 is 0. The SMILES string of the molecule is CNC(CCCOC)CC1CCCO1. The first-order chi connectivity index (χ1) is 6.86. The molecule has 0 spiro atoms. The number of methoxy groups -OCH3 is 1. The van der Waals surface area contributed by atoms with Crippen LogP contribution in [-0.2, 0) is 9.47 Å². The summed E-state index contributed by atoms with van der Waals surface area (Å²) in [5, 5.41) is 3.35. The molecule has 0 aromatic carbocycles. The minimum Gasteiger partial charge on any atom is -0.385 e. The maximum atomic E-state index is 5.62. The van der Waals surface area contributed by atoms with Crippen LogP contribution < -0.4 is 5.32 Å². The van der Waals surface area contributed by atoms with Gasteiger partial charge in [0.1, 0.15) is 0 Å². The van der Waals surface area contributed by atoms with Gasteiger partial charge in [0.25, 0.3) is 0 Å². The van der Waals surface area contributed by atoms with Crippen LogP contribution in [0.2, 0.25) is 0 Å². The zero-order chi connectivity index (χ0) is 10.2. The Kier molecular flexibility index (Phi) is 6.15. The van der Waals surface area contributed by atoms with Crippen molar-refractivity contribution < 1.29 is 9.47 Å². The smallest absolute Gasteiger partial charge is 0.0590 e. The fourth-order valence-electron chi connectivity index (χ4n) is 2.00. The van der Waals surface area contributed by atoms with Crippen LogP contribution in [-0.4, -0.2) is 39.5 Å². The first-order valence-electron chi connectivity index (χ1n) is 5.64. The van der Waals surface area contributed by atoms with Crippen LogP contribution >= 0.6 is 0 Å².